The van der Waals surface area contributed by atoms with Crippen molar-refractivity contribution in [3.63, 3.8) is 0 Å². The largest absolute Gasteiger partial charge is 0.453 e. The standard InChI is InChI=1S/C7H6BrN3O4/c1-15-7(12)10-5-3-2-4(11(13)14)6(8)9-5/h2-3H,1H3,(H,9,10,12). The summed E-state index contributed by atoms with van der Waals surface area (Å²) < 4.78 is 4.38. The minimum absolute atomic E-state index is 0.0430. The van der Waals surface area contributed by atoms with Gasteiger partial charge in [-0.05, 0) is 22.0 Å². The number of hydrogen-bond acceptors (Lipinski definition) is 5. The highest BCUT2D eigenvalue weighted by Gasteiger charge is 2.14. The number of halogens is 1. The molecule has 7 nitrogen and oxygen atoms in total. The van der Waals surface area contributed by atoms with Crippen LogP contribution in [-0.2, 0) is 4.74 Å². The second kappa shape index (κ2) is 4.69. The molecular weight excluding hydrogens is 270 g/mol. The van der Waals surface area contributed by atoms with E-state index in [1.807, 2.05) is 0 Å². The minimum atomic E-state index is -0.691. The Morgan fingerprint density at radius 2 is 2.33 bits per heavy atom. The Labute approximate surface area is 92.7 Å². The number of pyridine rings is 1. The molecule has 0 aromatic carbocycles. The van der Waals surface area contributed by atoms with Crippen LogP contribution in [0.25, 0.3) is 0 Å². The van der Waals surface area contributed by atoms with Crippen LogP contribution in [0.2, 0.25) is 0 Å². The highest BCUT2D eigenvalue weighted by Crippen LogP contribution is 2.23. The van der Waals surface area contributed by atoms with Crippen LogP contribution in [0.5, 0.6) is 0 Å². The van der Waals surface area contributed by atoms with Gasteiger partial charge < -0.3 is 4.74 Å². The maximum absolute atomic E-state index is 10.8. The zero-order valence-electron chi connectivity index (χ0n) is 7.56. The van der Waals surface area contributed by atoms with Gasteiger partial charge in [-0.1, -0.05) is 0 Å². The number of nitro groups is 1. The van der Waals surface area contributed by atoms with Gasteiger partial charge in [-0.2, -0.15) is 0 Å². The zero-order chi connectivity index (χ0) is 11.4. The molecule has 0 saturated heterocycles. The maximum atomic E-state index is 10.8. The van der Waals surface area contributed by atoms with Crippen molar-refractivity contribution in [3.05, 3.63) is 26.9 Å². The SMILES string of the molecule is COC(=O)Nc1ccc([N+](=O)[O-])c(Br)n1. The lowest BCUT2D eigenvalue weighted by molar-refractivity contribution is -0.386. The highest BCUT2D eigenvalue weighted by molar-refractivity contribution is 9.10. The monoisotopic (exact) mass is 275 g/mol. The molecule has 0 aliphatic carbocycles. The van der Waals surface area contributed by atoms with Crippen LogP contribution < -0.4 is 5.32 Å². The van der Waals surface area contributed by atoms with Crippen LogP contribution in [0.4, 0.5) is 16.3 Å². The predicted molar refractivity (Wildman–Crippen MR) is 54.6 cm³/mol. The molecule has 1 amide bonds. The minimum Gasteiger partial charge on any atom is -0.453 e. The van der Waals surface area contributed by atoms with E-state index in [1.54, 1.807) is 0 Å². The number of carbonyl (C=O) groups is 1. The molecule has 0 atom stereocenters. The van der Waals surface area contributed by atoms with Crippen molar-refractivity contribution < 1.29 is 14.5 Å². The van der Waals surface area contributed by atoms with Gasteiger partial charge in [-0.3, -0.25) is 15.4 Å². The summed E-state index contributed by atoms with van der Waals surface area (Å²) in [5.41, 5.74) is -0.176. The Hall–Kier alpha value is -1.70. The van der Waals surface area contributed by atoms with E-state index in [1.165, 1.54) is 19.2 Å². The lowest BCUT2D eigenvalue weighted by Crippen LogP contribution is -2.12. The average molecular weight is 276 g/mol. The molecule has 0 saturated carbocycles. The van der Waals surface area contributed by atoms with Crippen LogP contribution in [0.15, 0.2) is 16.7 Å². The van der Waals surface area contributed by atoms with E-state index in [0.29, 0.717) is 0 Å². The summed E-state index contributed by atoms with van der Waals surface area (Å²) >= 11 is 2.91. The van der Waals surface area contributed by atoms with E-state index >= 15 is 0 Å². The van der Waals surface area contributed by atoms with Crippen LogP contribution in [0.3, 0.4) is 0 Å². The first-order valence-electron chi connectivity index (χ1n) is 3.70. The van der Waals surface area contributed by atoms with Crippen LogP contribution >= 0.6 is 15.9 Å². The summed E-state index contributed by atoms with van der Waals surface area (Å²) in [6, 6.07) is 2.53. The van der Waals surface area contributed by atoms with Gasteiger partial charge in [0.15, 0.2) is 4.60 Å². The van der Waals surface area contributed by atoms with Crippen LogP contribution in [0.1, 0.15) is 0 Å². The lowest BCUT2D eigenvalue weighted by atomic mass is 10.4. The fourth-order valence-electron chi connectivity index (χ4n) is 0.788. The van der Waals surface area contributed by atoms with Gasteiger partial charge in [0.1, 0.15) is 5.82 Å². The van der Waals surface area contributed by atoms with Gasteiger partial charge in [0.05, 0.1) is 12.0 Å². The molecule has 80 valence electrons. The number of anilines is 1. The van der Waals surface area contributed by atoms with Gasteiger partial charge in [0.2, 0.25) is 0 Å². The van der Waals surface area contributed by atoms with Gasteiger partial charge in [0, 0.05) is 6.07 Å². The first-order valence-corrected chi connectivity index (χ1v) is 4.50. The third-order valence-corrected chi connectivity index (χ3v) is 2.02. The van der Waals surface area contributed by atoms with Crippen LogP contribution in [-0.4, -0.2) is 23.1 Å². The number of methoxy groups -OCH3 is 1. The third kappa shape index (κ3) is 2.88. The topological polar surface area (TPSA) is 94.4 Å². The smallest absolute Gasteiger partial charge is 0.412 e. The van der Waals surface area contributed by atoms with Gasteiger partial charge in [-0.25, -0.2) is 9.78 Å². The van der Waals surface area contributed by atoms with Crippen molar-refractivity contribution in [1.29, 1.82) is 0 Å². The first-order chi connectivity index (χ1) is 7.04. The molecule has 1 aromatic rings. The van der Waals surface area contributed by atoms with Crippen molar-refractivity contribution in [2.75, 3.05) is 12.4 Å². The number of carbonyl (C=O) groups excluding carboxylic acids is 1. The first kappa shape index (κ1) is 11.4. The molecular formula is C7H6BrN3O4. The fraction of sp³-hybridized carbons (Fsp3) is 0.143. The molecule has 0 fully saturated rings. The number of amides is 1. The number of hydrogen-bond donors (Lipinski definition) is 1. The number of ether oxygens (including phenoxy) is 1. The van der Waals surface area contributed by atoms with Crippen molar-refractivity contribution in [2.45, 2.75) is 0 Å². The summed E-state index contributed by atoms with van der Waals surface area (Å²) in [7, 11) is 1.20. The van der Waals surface area contributed by atoms with Gasteiger partial charge in [-0.15, -0.1) is 0 Å². The molecule has 8 heteroatoms. The van der Waals surface area contributed by atoms with Crippen LogP contribution in [0, 0.1) is 10.1 Å². The molecule has 1 N–H and O–H groups in total. The van der Waals surface area contributed by atoms with E-state index in [0.717, 1.165) is 0 Å². The van der Waals surface area contributed by atoms with E-state index in [4.69, 9.17) is 0 Å². The Morgan fingerprint density at radius 1 is 1.67 bits per heavy atom. The lowest BCUT2D eigenvalue weighted by Gasteiger charge is -2.02. The Morgan fingerprint density at radius 3 is 2.80 bits per heavy atom. The Balaban J connectivity index is 2.91. The summed E-state index contributed by atoms with van der Waals surface area (Å²) in [6.45, 7) is 0. The van der Waals surface area contributed by atoms with Gasteiger partial charge in [0.25, 0.3) is 0 Å². The van der Waals surface area contributed by atoms with E-state index in [2.05, 4.69) is 31.0 Å². The summed E-state index contributed by atoms with van der Waals surface area (Å²) in [5.74, 6) is 0.166. The molecule has 1 heterocycles. The molecule has 0 spiro atoms. The molecule has 1 aromatic heterocycles. The Bertz CT molecular complexity index is 409. The molecule has 0 aliphatic rings. The van der Waals surface area contributed by atoms with Crippen molar-refractivity contribution >= 4 is 33.5 Å². The van der Waals surface area contributed by atoms with E-state index in [-0.39, 0.29) is 16.1 Å². The zero-order valence-corrected chi connectivity index (χ0v) is 9.15. The fourth-order valence-corrected chi connectivity index (χ4v) is 1.26. The number of nitrogens with zero attached hydrogens (tertiary/aromatic N) is 2. The molecule has 1 rings (SSSR count). The number of nitrogens with one attached hydrogen (secondary N) is 1. The third-order valence-electron chi connectivity index (χ3n) is 1.44. The van der Waals surface area contributed by atoms with Crippen molar-refractivity contribution in [3.8, 4) is 0 Å². The van der Waals surface area contributed by atoms with Crippen molar-refractivity contribution in [1.82, 2.24) is 4.98 Å². The normalized spacial score (nSPS) is 9.47. The summed E-state index contributed by atoms with van der Waals surface area (Å²) in [4.78, 5) is 24.4. The van der Waals surface area contributed by atoms with E-state index in [9.17, 15) is 14.9 Å². The van der Waals surface area contributed by atoms with Crippen molar-refractivity contribution in [2.24, 2.45) is 0 Å². The molecule has 0 unspecified atom stereocenters. The maximum Gasteiger partial charge on any atom is 0.412 e. The Kier molecular flexibility index (Phi) is 3.56. The summed E-state index contributed by atoms with van der Waals surface area (Å²) in [6.07, 6.45) is -0.691. The summed E-state index contributed by atoms with van der Waals surface area (Å²) in [5, 5.41) is 12.7. The molecule has 0 radical (unpaired) electrons. The average Bonchev–Trinajstić information content (AvgIpc) is 2.17. The number of rotatable bonds is 2. The quantitative estimate of drug-likeness (QED) is 0.506. The molecule has 0 aliphatic heterocycles. The predicted octanol–water partition coefficient (Wildman–Crippen LogP) is 1.93. The number of aromatic nitrogens is 1. The second-order valence-electron chi connectivity index (χ2n) is 2.38. The molecule has 15 heavy (non-hydrogen) atoms. The highest BCUT2D eigenvalue weighted by atomic mass is 79.9. The molecule has 0 bridgehead atoms. The van der Waals surface area contributed by atoms with E-state index < -0.39 is 11.0 Å². The second-order valence-corrected chi connectivity index (χ2v) is 3.13. The van der Waals surface area contributed by atoms with Gasteiger partial charge >= 0.3 is 11.8 Å².